The first-order chi connectivity index (χ1) is 12.1. The Kier molecular flexibility index (Phi) is 6.11. The predicted octanol–water partition coefficient (Wildman–Crippen LogP) is 3.93. The van der Waals surface area contributed by atoms with E-state index in [0.717, 1.165) is 43.3 Å². The molecule has 0 N–H and O–H groups in total. The maximum atomic E-state index is 12.5. The minimum absolute atomic E-state index is 0.232. The molecule has 25 heavy (non-hydrogen) atoms. The van der Waals surface area contributed by atoms with Gasteiger partial charge in [0, 0.05) is 44.2 Å². The smallest absolute Gasteiger partial charge is 0.222 e. The van der Waals surface area contributed by atoms with Gasteiger partial charge in [-0.2, -0.15) is 0 Å². The normalized spacial score (nSPS) is 15.4. The average molecular weight is 357 g/mol. The highest BCUT2D eigenvalue weighted by Gasteiger charge is 2.21. The average Bonchev–Trinajstić information content (AvgIpc) is 2.61. The topological polar surface area (TPSA) is 23.6 Å². The first kappa shape index (κ1) is 18.0. The van der Waals surface area contributed by atoms with Crippen molar-refractivity contribution in [1.82, 2.24) is 9.80 Å². The van der Waals surface area contributed by atoms with Crippen LogP contribution in [0.5, 0.6) is 0 Å². The fourth-order valence-electron chi connectivity index (χ4n) is 3.32. The van der Waals surface area contributed by atoms with E-state index in [4.69, 9.17) is 11.6 Å². The van der Waals surface area contributed by atoms with Gasteiger partial charge in [-0.05, 0) is 30.5 Å². The van der Waals surface area contributed by atoms with E-state index in [1.807, 2.05) is 29.2 Å². The lowest BCUT2D eigenvalue weighted by Gasteiger charge is -2.35. The molecule has 0 atom stereocenters. The molecule has 4 heteroatoms. The summed E-state index contributed by atoms with van der Waals surface area (Å²) in [5.74, 6) is 0.232. The molecule has 0 saturated carbocycles. The van der Waals surface area contributed by atoms with E-state index in [1.165, 1.54) is 11.1 Å². The van der Waals surface area contributed by atoms with Crippen LogP contribution < -0.4 is 0 Å². The fraction of sp³-hybridized carbons (Fsp3) is 0.381. The Bertz CT molecular complexity index is 723. The largest absolute Gasteiger partial charge is 0.340 e. The lowest BCUT2D eigenvalue weighted by atomic mass is 10.1. The van der Waals surface area contributed by atoms with E-state index in [-0.39, 0.29) is 5.91 Å². The van der Waals surface area contributed by atoms with Gasteiger partial charge in [0.1, 0.15) is 0 Å². The Hall–Kier alpha value is -1.84. The molecule has 0 aromatic heterocycles. The Balaban J connectivity index is 1.45. The summed E-state index contributed by atoms with van der Waals surface area (Å²) in [7, 11) is 0. The lowest BCUT2D eigenvalue weighted by molar-refractivity contribution is -0.133. The summed E-state index contributed by atoms with van der Waals surface area (Å²) < 4.78 is 0. The molecule has 1 fully saturated rings. The summed E-state index contributed by atoms with van der Waals surface area (Å²) in [5, 5.41) is 0.748. The number of carbonyl (C=O) groups excluding carboxylic acids is 1. The molecule has 2 aromatic carbocycles. The molecule has 1 heterocycles. The van der Waals surface area contributed by atoms with Gasteiger partial charge >= 0.3 is 0 Å². The monoisotopic (exact) mass is 356 g/mol. The van der Waals surface area contributed by atoms with Crippen molar-refractivity contribution in [2.24, 2.45) is 0 Å². The standard InChI is InChI=1S/C21H25ClN2O/c1-17-5-4-6-18(15-17)16-23-11-13-24(14-12-23)21(25)10-9-19-7-2-3-8-20(19)22/h2-8,15H,9-14,16H2,1H3. The first-order valence-electron chi connectivity index (χ1n) is 8.91. The number of carbonyl (C=O) groups is 1. The van der Waals surface area contributed by atoms with Gasteiger partial charge in [-0.3, -0.25) is 9.69 Å². The number of halogens is 1. The van der Waals surface area contributed by atoms with Crippen LogP contribution in [0.15, 0.2) is 48.5 Å². The van der Waals surface area contributed by atoms with Crippen LogP contribution in [0.2, 0.25) is 5.02 Å². The van der Waals surface area contributed by atoms with Crippen LogP contribution in [-0.2, 0) is 17.8 Å². The van der Waals surface area contributed by atoms with Crippen LogP contribution in [0, 0.1) is 6.92 Å². The van der Waals surface area contributed by atoms with E-state index < -0.39 is 0 Å². The number of benzene rings is 2. The molecule has 1 amide bonds. The van der Waals surface area contributed by atoms with Gasteiger partial charge in [0.2, 0.25) is 5.91 Å². The van der Waals surface area contributed by atoms with Crippen molar-refractivity contribution in [3.05, 3.63) is 70.2 Å². The van der Waals surface area contributed by atoms with Gasteiger partial charge in [0.05, 0.1) is 0 Å². The number of rotatable bonds is 5. The molecule has 0 aliphatic carbocycles. The van der Waals surface area contributed by atoms with E-state index in [0.29, 0.717) is 12.8 Å². The number of aryl methyl sites for hydroxylation is 2. The van der Waals surface area contributed by atoms with Gasteiger partial charge in [0.25, 0.3) is 0 Å². The number of piperazine rings is 1. The second kappa shape index (κ2) is 8.50. The van der Waals surface area contributed by atoms with Crippen LogP contribution >= 0.6 is 11.6 Å². The molecule has 2 aromatic rings. The first-order valence-corrected chi connectivity index (χ1v) is 9.29. The van der Waals surface area contributed by atoms with Crippen molar-refractivity contribution in [2.75, 3.05) is 26.2 Å². The molecule has 3 rings (SSSR count). The van der Waals surface area contributed by atoms with Gasteiger partial charge < -0.3 is 4.90 Å². The minimum Gasteiger partial charge on any atom is -0.340 e. The van der Waals surface area contributed by atoms with Crippen LogP contribution in [0.25, 0.3) is 0 Å². The highest BCUT2D eigenvalue weighted by molar-refractivity contribution is 6.31. The number of amides is 1. The third kappa shape index (κ3) is 5.07. The zero-order chi connectivity index (χ0) is 17.6. The lowest BCUT2D eigenvalue weighted by Crippen LogP contribution is -2.48. The molecule has 132 valence electrons. The summed E-state index contributed by atoms with van der Waals surface area (Å²) >= 11 is 6.17. The zero-order valence-electron chi connectivity index (χ0n) is 14.7. The Morgan fingerprint density at radius 2 is 1.80 bits per heavy atom. The zero-order valence-corrected chi connectivity index (χ0v) is 15.5. The third-order valence-corrected chi connectivity index (χ3v) is 5.15. The Morgan fingerprint density at radius 3 is 2.52 bits per heavy atom. The summed E-state index contributed by atoms with van der Waals surface area (Å²) in [4.78, 5) is 16.9. The fourth-order valence-corrected chi connectivity index (χ4v) is 3.56. The van der Waals surface area contributed by atoms with Crippen LogP contribution in [0.3, 0.4) is 0 Å². The van der Waals surface area contributed by atoms with Gasteiger partial charge in [-0.15, -0.1) is 0 Å². The van der Waals surface area contributed by atoms with Crippen molar-refractivity contribution < 1.29 is 4.79 Å². The van der Waals surface area contributed by atoms with E-state index >= 15 is 0 Å². The second-order valence-electron chi connectivity index (χ2n) is 6.74. The SMILES string of the molecule is Cc1cccc(CN2CCN(C(=O)CCc3ccccc3Cl)CC2)c1. The number of hydrogen-bond donors (Lipinski definition) is 0. The van der Waals surface area contributed by atoms with Gasteiger partial charge in [-0.25, -0.2) is 0 Å². The third-order valence-electron chi connectivity index (χ3n) is 4.78. The molecule has 3 nitrogen and oxygen atoms in total. The van der Waals surface area contributed by atoms with Crippen molar-refractivity contribution in [3.8, 4) is 0 Å². The Labute approximate surface area is 155 Å². The molecule has 0 spiro atoms. The number of hydrogen-bond acceptors (Lipinski definition) is 2. The predicted molar refractivity (Wildman–Crippen MR) is 103 cm³/mol. The highest BCUT2D eigenvalue weighted by atomic mass is 35.5. The maximum Gasteiger partial charge on any atom is 0.222 e. The second-order valence-corrected chi connectivity index (χ2v) is 7.14. The molecule has 1 aliphatic heterocycles. The molecular weight excluding hydrogens is 332 g/mol. The minimum atomic E-state index is 0.232. The molecule has 0 radical (unpaired) electrons. The molecule has 1 saturated heterocycles. The van der Waals surface area contributed by atoms with Crippen LogP contribution in [-0.4, -0.2) is 41.9 Å². The quantitative estimate of drug-likeness (QED) is 0.810. The molecule has 0 unspecified atom stereocenters. The molecule has 0 bridgehead atoms. The van der Waals surface area contributed by atoms with E-state index in [9.17, 15) is 4.79 Å². The van der Waals surface area contributed by atoms with Crippen LogP contribution in [0.4, 0.5) is 0 Å². The summed E-state index contributed by atoms with van der Waals surface area (Å²) in [6, 6.07) is 16.4. The summed E-state index contributed by atoms with van der Waals surface area (Å²) in [6.45, 7) is 6.58. The van der Waals surface area contributed by atoms with Gasteiger partial charge in [0.15, 0.2) is 0 Å². The Morgan fingerprint density at radius 1 is 1.04 bits per heavy atom. The number of nitrogens with zero attached hydrogens (tertiary/aromatic N) is 2. The van der Waals surface area contributed by atoms with E-state index in [1.54, 1.807) is 0 Å². The van der Waals surface area contributed by atoms with Gasteiger partial charge in [-0.1, -0.05) is 59.6 Å². The highest BCUT2D eigenvalue weighted by Crippen LogP contribution is 2.17. The van der Waals surface area contributed by atoms with Crippen molar-refractivity contribution in [2.45, 2.75) is 26.3 Å². The maximum absolute atomic E-state index is 12.5. The summed E-state index contributed by atoms with van der Waals surface area (Å²) in [6.07, 6.45) is 1.24. The van der Waals surface area contributed by atoms with Crippen LogP contribution in [0.1, 0.15) is 23.1 Å². The van der Waals surface area contributed by atoms with Crippen molar-refractivity contribution in [1.29, 1.82) is 0 Å². The summed E-state index contributed by atoms with van der Waals surface area (Å²) in [5.41, 5.74) is 3.69. The molecule has 1 aliphatic rings. The van der Waals surface area contributed by atoms with Crippen molar-refractivity contribution in [3.63, 3.8) is 0 Å². The molecular formula is C21H25ClN2O. The van der Waals surface area contributed by atoms with Crippen molar-refractivity contribution >= 4 is 17.5 Å². The van der Waals surface area contributed by atoms with E-state index in [2.05, 4.69) is 36.1 Å².